The van der Waals surface area contributed by atoms with Crippen molar-refractivity contribution in [2.45, 2.75) is 20.5 Å². The molecular formula is C9H9NO3. The van der Waals surface area contributed by atoms with Gasteiger partial charge in [0.1, 0.15) is 18.4 Å². The minimum Gasteiger partial charge on any atom is -0.461 e. The molecule has 1 aromatic heterocycles. The molecule has 0 N–H and O–H groups in total. The highest BCUT2D eigenvalue weighted by Crippen LogP contribution is 2.14. The molecule has 13 heavy (non-hydrogen) atoms. The van der Waals surface area contributed by atoms with Crippen LogP contribution in [0.3, 0.4) is 0 Å². The molecule has 0 aliphatic carbocycles. The molecular weight excluding hydrogens is 170 g/mol. The van der Waals surface area contributed by atoms with Gasteiger partial charge in [-0.3, -0.25) is 4.79 Å². The Morgan fingerprint density at radius 1 is 1.77 bits per heavy atom. The summed E-state index contributed by atoms with van der Waals surface area (Å²) in [6, 6.07) is 3.44. The van der Waals surface area contributed by atoms with Crippen molar-refractivity contribution in [3.8, 4) is 6.07 Å². The van der Waals surface area contributed by atoms with Crippen molar-refractivity contribution in [2.75, 3.05) is 0 Å². The molecule has 0 aliphatic rings. The maximum Gasteiger partial charge on any atom is 0.302 e. The summed E-state index contributed by atoms with van der Waals surface area (Å²) < 4.78 is 9.80. The second-order valence-electron chi connectivity index (χ2n) is 2.58. The van der Waals surface area contributed by atoms with Gasteiger partial charge in [-0.2, -0.15) is 5.26 Å². The van der Waals surface area contributed by atoms with Crippen molar-refractivity contribution < 1.29 is 13.9 Å². The highest BCUT2D eigenvalue weighted by Gasteiger charge is 2.07. The summed E-state index contributed by atoms with van der Waals surface area (Å²) in [6.07, 6.45) is 0. The second kappa shape index (κ2) is 3.76. The third-order valence-corrected chi connectivity index (χ3v) is 1.56. The predicted octanol–water partition coefficient (Wildman–Crippen LogP) is 1.52. The van der Waals surface area contributed by atoms with Gasteiger partial charge in [0.05, 0.1) is 0 Å². The van der Waals surface area contributed by atoms with Gasteiger partial charge in [0.15, 0.2) is 0 Å². The molecule has 0 bridgehead atoms. The summed E-state index contributed by atoms with van der Waals surface area (Å²) in [5.74, 6) is 0.497. The fourth-order valence-electron chi connectivity index (χ4n) is 0.898. The molecule has 0 aliphatic heterocycles. The van der Waals surface area contributed by atoms with Crippen LogP contribution in [0.15, 0.2) is 10.5 Å². The Hall–Kier alpha value is -1.76. The van der Waals surface area contributed by atoms with E-state index in [1.807, 2.05) is 6.07 Å². The van der Waals surface area contributed by atoms with Gasteiger partial charge in [-0.15, -0.1) is 0 Å². The van der Waals surface area contributed by atoms with E-state index in [1.54, 1.807) is 13.0 Å². The highest BCUT2D eigenvalue weighted by molar-refractivity contribution is 5.65. The zero-order valence-electron chi connectivity index (χ0n) is 7.46. The van der Waals surface area contributed by atoms with E-state index < -0.39 is 0 Å². The van der Waals surface area contributed by atoms with Crippen molar-refractivity contribution in [2.24, 2.45) is 0 Å². The van der Waals surface area contributed by atoms with Crippen LogP contribution in [0.1, 0.15) is 24.0 Å². The largest absolute Gasteiger partial charge is 0.461 e. The predicted molar refractivity (Wildman–Crippen MR) is 43.6 cm³/mol. The molecule has 0 saturated heterocycles. The Bertz CT molecular complexity index is 359. The summed E-state index contributed by atoms with van der Waals surface area (Å²) in [5, 5.41) is 8.50. The first kappa shape index (κ1) is 9.33. The first-order chi connectivity index (χ1) is 6.13. The van der Waals surface area contributed by atoms with Crippen LogP contribution in [0.5, 0.6) is 0 Å². The smallest absolute Gasteiger partial charge is 0.302 e. The molecule has 0 radical (unpaired) electrons. The lowest BCUT2D eigenvalue weighted by molar-refractivity contribution is -0.142. The summed E-state index contributed by atoms with van der Waals surface area (Å²) >= 11 is 0. The van der Waals surface area contributed by atoms with E-state index in [4.69, 9.17) is 14.4 Å². The van der Waals surface area contributed by atoms with Crippen molar-refractivity contribution >= 4 is 5.97 Å². The normalized spacial score (nSPS) is 9.31. The van der Waals surface area contributed by atoms with Crippen LogP contribution in [-0.4, -0.2) is 5.97 Å². The van der Waals surface area contributed by atoms with Crippen molar-refractivity contribution in [3.05, 3.63) is 23.2 Å². The maximum atomic E-state index is 10.5. The van der Waals surface area contributed by atoms with E-state index in [0.29, 0.717) is 5.76 Å². The van der Waals surface area contributed by atoms with Gasteiger partial charge < -0.3 is 9.15 Å². The van der Waals surface area contributed by atoms with E-state index in [2.05, 4.69) is 0 Å². The van der Waals surface area contributed by atoms with E-state index in [9.17, 15) is 4.79 Å². The summed E-state index contributed by atoms with van der Waals surface area (Å²) in [6.45, 7) is 3.21. The average Bonchev–Trinajstić information content (AvgIpc) is 2.43. The molecule has 4 heteroatoms. The minimum absolute atomic E-state index is 0.159. The quantitative estimate of drug-likeness (QED) is 0.645. The number of carbonyl (C=O) groups excluding carboxylic acids is 1. The topological polar surface area (TPSA) is 63.2 Å². The van der Waals surface area contributed by atoms with E-state index in [1.165, 1.54) is 6.92 Å². The van der Waals surface area contributed by atoms with Crippen LogP contribution in [-0.2, 0) is 16.1 Å². The number of carbonyl (C=O) groups is 1. The van der Waals surface area contributed by atoms with Crippen LogP contribution >= 0.6 is 0 Å². The number of furan rings is 1. The zero-order valence-corrected chi connectivity index (χ0v) is 7.46. The first-order valence-corrected chi connectivity index (χ1v) is 3.76. The van der Waals surface area contributed by atoms with Crippen molar-refractivity contribution in [3.63, 3.8) is 0 Å². The molecule has 1 rings (SSSR count). The molecule has 1 aromatic rings. The monoisotopic (exact) mass is 179 g/mol. The number of ether oxygens (including phenoxy) is 1. The summed E-state index contributed by atoms with van der Waals surface area (Å²) in [4.78, 5) is 10.5. The van der Waals surface area contributed by atoms with E-state index >= 15 is 0 Å². The lowest BCUT2D eigenvalue weighted by Gasteiger charge is -1.98. The fraction of sp³-hybridized carbons (Fsp3) is 0.333. The van der Waals surface area contributed by atoms with Gasteiger partial charge in [-0.05, 0) is 6.92 Å². The molecule has 0 aromatic carbocycles. The minimum atomic E-state index is -0.348. The van der Waals surface area contributed by atoms with Crippen molar-refractivity contribution in [1.29, 1.82) is 5.26 Å². The molecule has 1 heterocycles. The number of nitrogens with zero attached hydrogens (tertiary/aromatic N) is 1. The van der Waals surface area contributed by atoms with Crippen molar-refractivity contribution in [1.82, 2.24) is 0 Å². The van der Waals surface area contributed by atoms with Crippen LogP contribution in [0.4, 0.5) is 0 Å². The summed E-state index contributed by atoms with van der Waals surface area (Å²) in [5.41, 5.74) is 0.728. The third kappa shape index (κ3) is 2.34. The number of esters is 1. The molecule has 0 spiro atoms. The highest BCUT2D eigenvalue weighted by atomic mass is 16.5. The molecule has 0 unspecified atom stereocenters. The number of hydrogen-bond donors (Lipinski definition) is 0. The Morgan fingerprint density at radius 2 is 2.46 bits per heavy atom. The molecule has 0 saturated carbocycles. The SMILES string of the molecule is CC(=O)OCc1cc(C#N)oc1C. The number of hydrogen-bond acceptors (Lipinski definition) is 4. The van der Waals surface area contributed by atoms with E-state index in [0.717, 1.165) is 5.56 Å². The van der Waals surface area contributed by atoms with Gasteiger partial charge in [0.25, 0.3) is 0 Å². The van der Waals surface area contributed by atoms with Crippen LogP contribution < -0.4 is 0 Å². The Kier molecular flexibility index (Phi) is 2.70. The van der Waals surface area contributed by atoms with Crippen LogP contribution in [0, 0.1) is 18.3 Å². The fourth-order valence-corrected chi connectivity index (χ4v) is 0.898. The average molecular weight is 179 g/mol. The summed E-state index contributed by atoms with van der Waals surface area (Å²) in [7, 11) is 0. The van der Waals surface area contributed by atoms with E-state index in [-0.39, 0.29) is 18.3 Å². The van der Waals surface area contributed by atoms with Gasteiger partial charge in [-0.1, -0.05) is 0 Å². The molecule has 0 atom stereocenters. The number of rotatable bonds is 2. The lowest BCUT2D eigenvalue weighted by Crippen LogP contribution is -1.98. The van der Waals surface area contributed by atoms with Gasteiger partial charge in [-0.25, -0.2) is 0 Å². The van der Waals surface area contributed by atoms with Gasteiger partial charge in [0.2, 0.25) is 5.76 Å². The zero-order chi connectivity index (χ0) is 9.84. The standard InChI is InChI=1S/C9H9NO3/c1-6-8(5-12-7(2)11)3-9(4-10)13-6/h3H,5H2,1-2H3. The molecule has 0 amide bonds. The lowest BCUT2D eigenvalue weighted by atomic mass is 10.2. The van der Waals surface area contributed by atoms with Gasteiger partial charge >= 0.3 is 5.97 Å². The Balaban J connectivity index is 2.72. The Morgan fingerprint density at radius 3 is 2.92 bits per heavy atom. The second-order valence-corrected chi connectivity index (χ2v) is 2.58. The number of nitriles is 1. The van der Waals surface area contributed by atoms with Crippen LogP contribution in [0.2, 0.25) is 0 Å². The third-order valence-electron chi connectivity index (χ3n) is 1.56. The maximum absolute atomic E-state index is 10.5. The Labute approximate surface area is 75.7 Å². The first-order valence-electron chi connectivity index (χ1n) is 3.76. The molecule has 68 valence electrons. The van der Waals surface area contributed by atoms with Crippen LogP contribution in [0.25, 0.3) is 0 Å². The molecule has 0 fully saturated rings. The van der Waals surface area contributed by atoms with Gasteiger partial charge in [0, 0.05) is 18.6 Å². The number of aryl methyl sites for hydroxylation is 1. The molecule has 4 nitrogen and oxygen atoms in total.